The summed E-state index contributed by atoms with van der Waals surface area (Å²) in [6.07, 6.45) is 1.62. The summed E-state index contributed by atoms with van der Waals surface area (Å²) in [5, 5.41) is -0.296. The molecule has 72 valence electrons. The highest BCUT2D eigenvalue weighted by Gasteiger charge is 2.09. The Morgan fingerprint density at radius 2 is 1.77 bits per heavy atom. The molecule has 0 aliphatic rings. The van der Waals surface area contributed by atoms with Crippen molar-refractivity contribution in [1.29, 1.82) is 0 Å². The van der Waals surface area contributed by atoms with E-state index in [1.807, 2.05) is 6.92 Å². The summed E-state index contributed by atoms with van der Waals surface area (Å²) in [7, 11) is 0. The third-order valence-electron chi connectivity index (χ3n) is 1.79. The molecular weight excluding hydrogens is 194 g/mol. The average Bonchev–Trinajstić information content (AvgIpc) is 2.03. The maximum atomic E-state index is 12.7. The molecule has 0 bridgehead atoms. The van der Waals surface area contributed by atoms with E-state index in [1.54, 1.807) is 0 Å². The Hall–Kier alpha value is -0.630. The molecule has 13 heavy (non-hydrogen) atoms. The van der Waals surface area contributed by atoms with E-state index in [4.69, 9.17) is 11.6 Å². The molecule has 3 heteroatoms. The fraction of sp³-hybridized carbons (Fsp3) is 0.400. The van der Waals surface area contributed by atoms with Gasteiger partial charge >= 0.3 is 0 Å². The van der Waals surface area contributed by atoms with Crippen LogP contribution in [0.5, 0.6) is 0 Å². The molecule has 0 amide bonds. The zero-order chi connectivity index (χ0) is 9.84. The molecular formula is C10H11ClF2. The van der Waals surface area contributed by atoms with E-state index in [0.717, 1.165) is 18.9 Å². The zero-order valence-electron chi connectivity index (χ0n) is 7.36. The lowest BCUT2D eigenvalue weighted by Crippen LogP contribution is -1.92. The predicted molar refractivity (Wildman–Crippen MR) is 49.9 cm³/mol. The third-order valence-corrected chi connectivity index (χ3v) is 2.26. The number of alkyl halides is 1. The molecule has 0 nitrogen and oxygen atoms in total. The van der Waals surface area contributed by atoms with E-state index < -0.39 is 11.6 Å². The Morgan fingerprint density at radius 3 is 2.23 bits per heavy atom. The van der Waals surface area contributed by atoms with Crippen LogP contribution in [0.3, 0.4) is 0 Å². The van der Waals surface area contributed by atoms with Gasteiger partial charge in [-0.15, -0.1) is 11.6 Å². The molecule has 0 saturated heterocycles. The number of halogens is 3. The van der Waals surface area contributed by atoms with Crippen molar-refractivity contribution in [1.82, 2.24) is 0 Å². The molecule has 1 atom stereocenters. The lowest BCUT2D eigenvalue weighted by atomic mass is 10.1. The Balaban J connectivity index is 2.87. The summed E-state index contributed by atoms with van der Waals surface area (Å²) in [5.74, 6) is -1.14. The lowest BCUT2D eigenvalue weighted by Gasteiger charge is -2.08. The molecule has 0 heterocycles. The zero-order valence-corrected chi connectivity index (χ0v) is 8.11. The molecule has 1 unspecified atom stereocenters. The highest BCUT2D eigenvalue weighted by Crippen LogP contribution is 2.26. The van der Waals surface area contributed by atoms with Gasteiger partial charge in [-0.05, 0) is 24.1 Å². The minimum absolute atomic E-state index is 0.296. The minimum Gasteiger partial charge on any atom is -0.207 e. The van der Waals surface area contributed by atoms with Gasteiger partial charge in [0.15, 0.2) is 0 Å². The fourth-order valence-electron chi connectivity index (χ4n) is 1.18. The Bertz CT molecular complexity index is 266. The normalized spacial score (nSPS) is 12.9. The monoisotopic (exact) mass is 204 g/mol. The smallest absolute Gasteiger partial charge is 0.126 e. The topological polar surface area (TPSA) is 0 Å². The summed E-state index contributed by atoms with van der Waals surface area (Å²) < 4.78 is 25.5. The quantitative estimate of drug-likeness (QED) is 0.652. The SMILES string of the molecule is CCCC(Cl)c1cc(F)cc(F)c1. The summed E-state index contributed by atoms with van der Waals surface area (Å²) in [4.78, 5) is 0. The van der Waals surface area contributed by atoms with Crippen molar-refractivity contribution in [3.8, 4) is 0 Å². The lowest BCUT2D eigenvalue weighted by molar-refractivity contribution is 0.577. The Morgan fingerprint density at radius 1 is 1.23 bits per heavy atom. The van der Waals surface area contributed by atoms with Crippen LogP contribution in [0.25, 0.3) is 0 Å². The van der Waals surface area contributed by atoms with E-state index in [2.05, 4.69) is 0 Å². The van der Waals surface area contributed by atoms with Gasteiger partial charge in [-0.3, -0.25) is 0 Å². The fourth-order valence-corrected chi connectivity index (χ4v) is 1.52. The molecule has 0 saturated carbocycles. The molecule has 1 aromatic rings. The van der Waals surface area contributed by atoms with E-state index >= 15 is 0 Å². The second-order valence-corrected chi connectivity index (χ2v) is 3.49. The molecule has 0 radical (unpaired) electrons. The van der Waals surface area contributed by atoms with Gasteiger partial charge in [0.25, 0.3) is 0 Å². The Labute approximate surface area is 81.5 Å². The van der Waals surface area contributed by atoms with E-state index in [-0.39, 0.29) is 5.38 Å². The molecule has 0 aliphatic carbocycles. The van der Waals surface area contributed by atoms with Crippen LogP contribution in [0.4, 0.5) is 8.78 Å². The van der Waals surface area contributed by atoms with Gasteiger partial charge in [-0.2, -0.15) is 0 Å². The van der Waals surface area contributed by atoms with E-state index in [1.165, 1.54) is 12.1 Å². The first kappa shape index (κ1) is 10.5. The molecule has 1 rings (SSSR count). The van der Waals surface area contributed by atoms with E-state index in [9.17, 15) is 8.78 Å². The van der Waals surface area contributed by atoms with Crippen LogP contribution in [0.1, 0.15) is 30.7 Å². The van der Waals surface area contributed by atoms with E-state index in [0.29, 0.717) is 5.56 Å². The summed E-state index contributed by atoms with van der Waals surface area (Å²) in [6.45, 7) is 1.98. The molecule has 0 spiro atoms. The number of rotatable bonds is 3. The van der Waals surface area contributed by atoms with Crippen LogP contribution in [0.15, 0.2) is 18.2 Å². The molecule has 0 fully saturated rings. The van der Waals surface area contributed by atoms with Gasteiger partial charge in [0.1, 0.15) is 11.6 Å². The Kier molecular flexibility index (Phi) is 3.67. The first-order chi connectivity index (χ1) is 6.13. The third kappa shape index (κ3) is 2.96. The standard InChI is InChI=1S/C10H11ClF2/c1-2-3-10(11)7-4-8(12)6-9(13)5-7/h4-6,10H,2-3H2,1H3. The van der Waals surface area contributed by atoms with Crippen LogP contribution in [-0.2, 0) is 0 Å². The van der Waals surface area contributed by atoms with Crippen molar-refractivity contribution in [3.63, 3.8) is 0 Å². The number of benzene rings is 1. The van der Waals surface area contributed by atoms with Crippen molar-refractivity contribution in [2.75, 3.05) is 0 Å². The van der Waals surface area contributed by atoms with Crippen molar-refractivity contribution in [3.05, 3.63) is 35.4 Å². The second-order valence-electron chi connectivity index (χ2n) is 2.96. The number of hydrogen-bond acceptors (Lipinski definition) is 0. The van der Waals surface area contributed by atoms with Gasteiger partial charge in [-0.1, -0.05) is 13.3 Å². The van der Waals surface area contributed by atoms with Crippen LogP contribution >= 0.6 is 11.6 Å². The molecule has 0 aliphatic heterocycles. The maximum absolute atomic E-state index is 12.7. The van der Waals surface area contributed by atoms with Gasteiger partial charge in [0.2, 0.25) is 0 Å². The van der Waals surface area contributed by atoms with Crippen LogP contribution in [0.2, 0.25) is 0 Å². The number of hydrogen-bond donors (Lipinski definition) is 0. The van der Waals surface area contributed by atoms with Crippen LogP contribution in [0, 0.1) is 11.6 Å². The highest BCUT2D eigenvalue weighted by molar-refractivity contribution is 6.20. The van der Waals surface area contributed by atoms with Gasteiger partial charge in [0.05, 0.1) is 5.38 Å². The highest BCUT2D eigenvalue weighted by atomic mass is 35.5. The molecule has 1 aromatic carbocycles. The van der Waals surface area contributed by atoms with Crippen LogP contribution in [-0.4, -0.2) is 0 Å². The van der Waals surface area contributed by atoms with Gasteiger partial charge < -0.3 is 0 Å². The van der Waals surface area contributed by atoms with Crippen molar-refractivity contribution >= 4 is 11.6 Å². The van der Waals surface area contributed by atoms with Crippen molar-refractivity contribution < 1.29 is 8.78 Å². The average molecular weight is 205 g/mol. The van der Waals surface area contributed by atoms with Crippen molar-refractivity contribution in [2.45, 2.75) is 25.1 Å². The summed E-state index contributed by atoms with van der Waals surface area (Å²) >= 11 is 5.92. The van der Waals surface area contributed by atoms with Crippen LogP contribution < -0.4 is 0 Å². The van der Waals surface area contributed by atoms with Gasteiger partial charge in [0, 0.05) is 6.07 Å². The first-order valence-electron chi connectivity index (χ1n) is 4.23. The first-order valence-corrected chi connectivity index (χ1v) is 4.67. The molecule has 0 aromatic heterocycles. The summed E-state index contributed by atoms with van der Waals surface area (Å²) in [6, 6.07) is 3.39. The largest absolute Gasteiger partial charge is 0.207 e. The van der Waals surface area contributed by atoms with Crippen molar-refractivity contribution in [2.24, 2.45) is 0 Å². The maximum Gasteiger partial charge on any atom is 0.126 e. The summed E-state index contributed by atoms with van der Waals surface area (Å²) in [5.41, 5.74) is 0.515. The second kappa shape index (κ2) is 4.56. The minimum atomic E-state index is -0.572. The predicted octanol–water partition coefficient (Wildman–Crippen LogP) is 4.04. The van der Waals surface area contributed by atoms with Gasteiger partial charge in [-0.25, -0.2) is 8.78 Å². The molecule has 0 N–H and O–H groups in total.